The summed E-state index contributed by atoms with van der Waals surface area (Å²) >= 11 is 0. The van der Waals surface area contributed by atoms with Crippen LogP contribution in [0.1, 0.15) is 120 Å². The molecule has 0 radical (unpaired) electrons. The van der Waals surface area contributed by atoms with Crippen LogP contribution in [0.25, 0.3) is 0 Å². The highest BCUT2D eigenvalue weighted by atomic mass is 16.5. The van der Waals surface area contributed by atoms with Gasteiger partial charge in [-0.05, 0) is 87.6 Å². The Hall–Kier alpha value is -2.73. The summed E-state index contributed by atoms with van der Waals surface area (Å²) in [6.07, 6.45) is 18.3. The molecule has 2 bridgehead atoms. The minimum atomic E-state index is -0.167. The number of nitrogens with zero attached hydrogens (tertiary/aromatic N) is 2. The molecule has 2 aliphatic heterocycles. The van der Waals surface area contributed by atoms with Crippen LogP contribution in [0.15, 0.2) is 36.4 Å². The molecule has 2 aromatic carbocycles. The van der Waals surface area contributed by atoms with Crippen LogP contribution in [-0.2, 0) is 23.1 Å². The van der Waals surface area contributed by atoms with E-state index in [0.717, 1.165) is 68.8 Å². The van der Waals surface area contributed by atoms with Crippen LogP contribution < -0.4 is 9.47 Å². The summed E-state index contributed by atoms with van der Waals surface area (Å²) in [5.41, 5.74) is 3.58. The van der Waals surface area contributed by atoms with Gasteiger partial charge in [-0.1, -0.05) is 82.7 Å². The Balaban J connectivity index is 0.991. The third-order valence-electron chi connectivity index (χ3n) is 12.6. The number of likely N-dealkylation sites (tertiary alicyclic amines) is 1. The molecule has 1 amide bonds. The molecule has 48 heavy (non-hydrogen) atoms. The number of unbranched alkanes of at least 4 members (excludes halogenated alkanes) is 7. The van der Waals surface area contributed by atoms with Crippen molar-refractivity contribution in [1.82, 2.24) is 9.80 Å². The van der Waals surface area contributed by atoms with Crippen molar-refractivity contribution >= 4 is 5.91 Å². The van der Waals surface area contributed by atoms with Gasteiger partial charge in [0.15, 0.2) is 11.5 Å². The molecule has 0 aromatic heterocycles. The molecule has 6 nitrogen and oxygen atoms in total. The smallest absolute Gasteiger partial charge is 0.222 e. The van der Waals surface area contributed by atoms with Crippen molar-refractivity contribution in [3.63, 3.8) is 0 Å². The highest BCUT2D eigenvalue weighted by molar-refractivity contribution is 5.77. The zero-order chi connectivity index (χ0) is 33.3. The zero-order valence-electron chi connectivity index (χ0n) is 29.9. The van der Waals surface area contributed by atoms with Crippen LogP contribution in [0.2, 0.25) is 0 Å². The number of benzene rings is 2. The fourth-order valence-electron chi connectivity index (χ4n) is 10.3. The predicted molar refractivity (Wildman–Crippen MR) is 192 cm³/mol. The quantitative estimate of drug-likeness (QED) is 0.173. The van der Waals surface area contributed by atoms with Crippen molar-refractivity contribution in [2.45, 2.75) is 140 Å². The van der Waals surface area contributed by atoms with Crippen LogP contribution in [0.5, 0.6) is 17.2 Å². The van der Waals surface area contributed by atoms with Gasteiger partial charge < -0.3 is 19.5 Å². The van der Waals surface area contributed by atoms with Gasteiger partial charge in [-0.25, -0.2) is 0 Å². The van der Waals surface area contributed by atoms with Gasteiger partial charge in [0.05, 0.1) is 13.2 Å². The Labute approximate surface area is 289 Å². The normalized spacial score (nSPS) is 27.1. The molecule has 0 unspecified atom stereocenters. The maximum absolute atomic E-state index is 14.2. The monoisotopic (exact) mass is 656 g/mol. The van der Waals surface area contributed by atoms with Crippen LogP contribution >= 0.6 is 0 Å². The van der Waals surface area contributed by atoms with Gasteiger partial charge in [0.25, 0.3) is 0 Å². The van der Waals surface area contributed by atoms with E-state index in [1.807, 2.05) is 0 Å². The van der Waals surface area contributed by atoms with E-state index in [4.69, 9.17) is 9.47 Å². The van der Waals surface area contributed by atoms with Gasteiger partial charge in [-0.2, -0.15) is 0 Å². The Kier molecular flexibility index (Phi) is 10.3. The first-order valence-corrected chi connectivity index (χ1v) is 19.6. The van der Waals surface area contributed by atoms with Crippen molar-refractivity contribution in [2.24, 2.45) is 17.8 Å². The van der Waals surface area contributed by atoms with Crippen molar-refractivity contribution in [1.29, 1.82) is 0 Å². The van der Waals surface area contributed by atoms with Crippen LogP contribution in [-0.4, -0.2) is 65.7 Å². The maximum Gasteiger partial charge on any atom is 0.222 e. The lowest BCUT2D eigenvalue weighted by atomic mass is 9.50. The lowest BCUT2D eigenvalue weighted by molar-refractivity contribution is -0.143. The molecule has 2 saturated carbocycles. The molecule has 1 N–H and O–H groups in total. The largest absolute Gasteiger partial charge is 0.508 e. The summed E-state index contributed by atoms with van der Waals surface area (Å²) in [5, 5.41) is 11.4. The molecule has 3 aliphatic carbocycles. The number of carbonyl (C=O) groups is 1. The number of phenols is 1. The number of piperidine rings is 1. The molecule has 2 heterocycles. The first-order chi connectivity index (χ1) is 23.4. The Morgan fingerprint density at radius 1 is 1.02 bits per heavy atom. The average Bonchev–Trinajstić information content (AvgIpc) is 3.84. The third kappa shape index (κ3) is 6.60. The Morgan fingerprint density at radius 2 is 1.75 bits per heavy atom. The van der Waals surface area contributed by atoms with Crippen molar-refractivity contribution in [3.8, 4) is 17.2 Å². The first kappa shape index (κ1) is 33.8. The molecular formula is C42H60N2O4. The van der Waals surface area contributed by atoms with E-state index in [0.29, 0.717) is 41.7 Å². The van der Waals surface area contributed by atoms with Crippen LogP contribution in [0, 0.1) is 17.8 Å². The van der Waals surface area contributed by atoms with E-state index in [1.54, 1.807) is 13.2 Å². The van der Waals surface area contributed by atoms with Gasteiger partial charge in [0.2, 0.25) is 5.91 Å². The highest BCUT2D eigenvalue weighted by Gasteiger charge is 2.67. The Morgan fingerprint density at radius 3 is 2.46 bits per heavy atom. The average molecular weight is 657 g/mol. The number of phenolic OH excluding ortho intramolecular Hbond substituents is 1. The number of aromatic hydroxyl groups is 1. The summed E-state index contributed by atoms with van der Waals surface area (Å²) in [5.74, 6) is 3.87. The summed E-state index contributed by atoms with van der Waals surface area (Å²) in [4.78, 5) is 19.2. The standard InChI is InChI=1S/C42H60N2O4/c1-29(2)27-44(38(46)18-14-9-7-5-4-6-8-11-15-30-16-12-10-13-17-30)34-22-21-33-35-25-32-36(45)26-37(47-3)40-39(32)42(33,41(34)48-40)23-24-43(35)28-31-19-20-31/h10,12-13,16-17,26,29,31,33-35,41,45H,4-9,11,14-15,18-25,27-28H2,1-3H3/t33-,34+,35+,41-,42-/m0/s1. The van der Waals surface area contributed by atoms with Crippen LogP contribution in [0.3, 0.4) is 0 Å². The number of amides is 1. The topological polar surface area (TPSA) is 62.2 Å². The number of hydrogen-bond donors (Lipinski definition) is 1. The van der Waals surface area contributed by atoms with E-state index < -0.39 is 0 Å². The maximum atomic E-state index is 14.2. The van der Waals surface area contributed by atoms with E-state index in [1.165, 1.54) is 75.5 Å². The highest BCUT2D eigenvalue weighted by Crippen LogP contribution is 2.66. The van der Waals surface area contributed by atoms with Crippen molar-refractivity contribution in [2.75, 3.05) is 26.7 Å². The van der Waals surface area contributed by atoms with Gasteiger partial charge in [-0.3, -0.25) is 9.69 Å². The van der Waals surface area contributed by atoms with Crippen molar-refractivity contribution < 1.29 is 19.4 Å². The molecule has 2 aromatic rings. The number of carbonyl (C=O) groups excluding carboxylic acids is 1. The molecule has 1 saturated heterocycles. The van der Waals surface area contributed by atoms with E-state index in [9.17, 15) is 9.90 Å². The lowest BCUT2D eigenvalue weighted by Crippen LogP contribution is -2.69. The van der Waals surface area contributed by atoms with E-state index in [-0.39, 0.29) is 17.6 Å². The zero-order valence-corrected chi connectivity index (χ0v) is 29.9. The SMILES string of the molecule is COc1cc(O)c2c3c1O[C@H]1[C@H](N(CC(C)C)C(=O)CCCCCCCCCCc4ccccc4)CC[C@H]4[C@@H](C2)N(CC2CC2)CC[C@@]341. The first-order valence-electron chi connectivity index (χ1n) is 19.6. The molecule has 5 atom stereocenters. The number of hydrogen-bond acceptors (Lipinski definition) is 5. The summed E-state index contributed by atoms with van der Waals surface area (Å²) < 4.78 is 12.9. The lowest BCUT2D eigenvalue weighted by Gasteiger charge is -2.60. The predicted octanol–water partition coefficient (Wildman–Crippen LogP) is 8.46. The minimum Gasteiger partial charge on any atom is -0.508 e. The molecular weight excluding hydrogens is 596 g/mol. The molecule has 7 rings (SSSR count). The number of ether oxygens (including phenoxy) is 2. The second kappa shape index (κ2) is 14.6. The van der Waals surface area contributed by atoms with Gasteiger partial charge >= 0.3 is 0 Å². The fraction of sp³-hybridized carbons (Fsp3) is 0.690. The molecule has 262 valence electrons. The van der Waals surface area contributed by atoms with Gasteiger partial charge in [0, 0.05) is 48.2 Å². The molecule has 6 heteroatoms. The Bertz CT molecular complexity index is 1410. The second-order valence-corrected chi connectivity index (χ2v) is 16.3. The van der Waals surface area contributed by atoms with Gasteiger partial charge in [0.1, 0.15) is 11.9 Å². The number of methoxy groups -OCH3 is 1. The fourth-order valence-corrected chi connectivity index (χ4v) is 10.3. The van der Waals surface area contributed by atoms with E-state index >= 15 is 0 Å². The van der Waals surface area contributed by atoms with Crippen molar-refractivity contribution in [3.05, 3.63) is 53.1 Å². The second-order valence-electron chi connectivity index (χ2n) is 16.3. The summed E-state index contributed by atoms with van der Waals surface area (Å²) in [6, 6.07) is 13.1. The number of rotatable bonds is 17. The third-order valence-corrected chi connectivity index (χ3v) is 12.6. The minimum absolute atomic E-state index is 0.0490. The van der Waals surface area contributed by atoms with Crippen LogP contribution in [0.4, 0.5) is 0 Å². The number of aryl methyl sites for hydroxylation is 1. The van der Waals surface area contributed by atoms with Gasteiger partial charge in [-0.15, -0.1) is 0 Å². The molecule has 1 spiro atoms. The summed E-state index contributed by atoms with van der Waals surface area (Å²) in [6.45, 7) is 7.51. The molecule has 3 fully saturated rings. The van der Waals surface area contributed by atoms with E-state index in [2.05, 4.69) is 54.0 Å². The summed E-state index contributed by atoms with van der Waals surface area (Å²) in [7, 11) is 1.68. The molecule has 5 aliphatic rings.